The van der Waals surface area contributed by atoms with Gasteiger partial charge in [0.25, 0.3) is 0 Å². The smallest absolute Gasteiger partial charge is 0.229 e. The van der Waals surface area contributed by atoms with Gasteiger partial charge in [0.05, 0.1) is 19.8 Å². The number of methoxy groups -OCH3 is 1. The largest absolute Gasteiger partial charge is 0.496 e. The minimum absolute atomic E-state index is 0.362. The third kappa shape index (κ3) is 4.71. The van der Waals surface area contributed by atoms with Gasteiger partial charge in [-0.2, -0.15) is 0 Å². The van der Waals surface area contributed by atoms with E-state index in [1.165, 1.54) is 6.92 Å². The molecular formula is C23H30O11. The standard InChI is InChI=1S/C23H30O11/c1-10-16(24)18(26)20(28)22(32-10)31-9-15-17(25)19(27)21(29)23(34-15)33-14-8-7-13(30-2)11-5-3-4-6-12(11)14/h3-8,10,15-29H,9H2,1-2H3. The quantitative estimate of drug-likeness (QED) is 0.295. The predicted octanol–water partition coefficient (Wildman–Crippen LogP) is -1.12. The summed E-state index contributed by atoms with van der Waals surface area (Å²) >= 11 is 0. The summed E-state index contributed by atoms with van der Waals surface area (Å²) in [6, 6.07) is 10.6. The SMILES string of the molecule is COc1ccc(OC2OC(COC3OC(C)C(O)C(O)C3O)C(O)C(O)C2O)c2ccccc12. The number of aliphatic hydroxyl groups is 6. The highest BCUT2D eigenvalue weighted by Gasteiger charge is 2.47. The lowest BCUT2D eigenvalue weighted by molar-refractivity contribution is -0.318. The molecule has 0 saturated carbocycles. The summed E-state index contributed by atoms with van der Waals surface area (Å²) < 4.78 is 27.8. The van der Waals surface area contributed by atoms with E-state index in [0.29, 0.717) is 16.9 Å². The first-order valence-corrected chi connectivity index (χ1v) is 11.0. The van der Waals surface area contributed by atoms with Gasteiger partial charge in [-0.25, -0.2) is 0 Å². The van der Waals surface area contributed by atoms with E-state index >= 15 is 0 Å². The molecule has 10 unspecified atom stereocenters. The Kier molecular flexibility index (Phi) is 7.57. The maximum Gasteiger partial charge on any atom is 0.229 e. The molecule has 2 aromatic carbocycles. The Morgan fingerprint density at radius 2 is 1.29 bits per heavy atom. The van der Waals surface area contributed by atoms with Crippen LogP contribution in [0.15, 0.2) is 36.4 Å². The fourth-order valence-electron chi connectivity index (χ4n) is 4.14. The molecule has 0 amide bonds. The van der Waals surface area contributed by atoms with Crippen LogP contribution in [-0.2, 0) is 14.2 Å². The normalized spacial score (nSPS) is 38.6. The summed E-state index contributed by atoms with van der Waals surface area (Å²) in [6.45, 7) is 1.14. The maximum atomic E-state index is 10.5. The summed E-state index contributed by atoms with van der Waals surface area (Å²) in [6.07, 6.45) is -13.7. The molecule has 2 fully saturated rings. The van der Waals surface area contributed by atoms with Gasteiger partial charge in [0, 0.05) is 10.8 Å². The van der Waals surface area contributed by atoms with Crippen LogP contribution in [0.1, 0.15) is 6.92 Å². The van der Waals surface area contributed by atoms with Crippen LogP contribution < -0.4 is 9.47 Å². The summed E-state index contributed by atoms with van der Waals surface area (Å²) in [5.41, 5.74) is 0. The monoisotopic (exact) mass is 482 g/mol. The molecule has 2 aliphatic rings. The summed E-state index contributed by atoms with van der Waals surface area (Å²) in [5, 5.41) is 62.6. The van der Waals surface area contributed by atoms with E-state index in [4.69, 9.17) is 23.7 Å². The van der Waals surface area contributed by atoms with Crippen LogP contribution in [0.5, 0.6) is 11.5 Å². The Hall–Kier alpha value is -2.06. The molecule has 0 spiro atoms. The van der Waals surface area contributed by atoms with Gasteiger partial charge in [0.1, 0.15) is 54.2 Å². The van der Waals surface area contributed by atoms with E-state index in [2.05, 4.69) is 0 Å². The van der Waals surface area contributed by atoms with Crippen molar-refractivity contribution < 1.29 is 54.3 Å². The first-order valence-electron chi connectivity index (χ1n) is 11.0. The van der Waals surface area contributed by atoms with E-state index in [1.54, 1.807) is 25.3 Å². The second kappa shape index (κ2) is 10.3. The lowest BCUT2D eigenvalue weighted by atomic mass is 9.98. The molecule has 0 radical (unpaired) electrons. The van der Waals surface area contributed by atoms with E-state index in [0.717, 1.165) is 5.39 Å². The van der Waals surface area contributed by atoms with Crippen LogP contribution in [0, 0.1) is 0 Å². The molecule has 4 rings (SSSR count). The number of hydrogen-bond acceptors (Lipinski definition) is 11. The zero-order valence-corrected chi connectivity index (χ0v) is 18.7. The number of ether oxygens (including phenoxy) is 5. The van der Waals surface area contributed by atoms with E-state index in [9.17, 15) is 30.6 Å². The van der Waals surface area contributed by atoms with Gasteiger partial charge >= 0.3 is 0 Å². The minimum atomic E-state index is -1.61. The first-order chi connectivity index (χ1) is 16.2. The van der Waals surface area contributed by atoms with Crippen molar-refractivity contribution in [3.63, 3.8) is 0 Å². The van der Waals surface area contributed by atoms with Crippen molar-refractivity contribution in [2.75, 3.05) is 13.7 Å². The number of hydrogen-bond donors (Lipinski definition) is 6. The molecule has 0 aromatic heterocycles. The molecule has 188 valence electrons. The lowest BCUT2D eigenvalue weighted by Crippen LogP contribution is -2.61. The molecule has 2 heterocycles. The molecular weight excluding hydrogens is 452 g/mol. The molecule has 11 heteroatoms. The lowest BCUT2D eigenvalue weighted by Gasteiger charge is -2.42. The topological polar surface area (TPSA) is 168 Å². The highest BCUT2D eigenvalue weighted by atomic mass is 16.7. The van der Waals surface area contributed by atoms with E-state index in [-0.39, 0.29) is 6.61 Å². The summed E-state index contributed by atoms with van der Waals surface area (Å²) in [4.78, 5) is 0. The van der Waals surface area contributed by atoms with Crippen molar-refractivity contribution in [3.05, 3.63) is 36.4 Å². The predicted molar refractivity (Wildman–Crippen MR) is 116 cm³/mol. The van der Waals surface area contributed by atoms with Crippen molar-refractivity contribution in [2.45, 2.75) is 68.3 Å². The van der Waals surface area contributed by atoms with Crippen molar-refractivity contribution in [1.82, 2.24) is 0 Å². The van der Waals surface area contributed by atoms with E-state index < -0.39 is 61.4 Å². The Morgan fingerprint density at radius 1 is 0.706 bits per heavy atom. The average molecular weight is 482 g/mol. The zero-order chi connectivity index (χ0) is 24.6. The summed E-state index contributed by atoms with van der Waals surface area (Å²) in [7, 11) is 1.55. The fourth-order valence-corrected chi connectivity index (χ4v) is 4.14. The van der Waals surface area contributed by atoms with Gasteiger partial charge in [-0.15, -0.1) is 0 Å². The van der Waals surface area contributed by atoms with Gasteiger partial charge < -0.3 is 54.3 Å². The minimum Gasteiger partial charge on any atom is -0.496 e. The van der Waals surface area contributed by atoms with Crippen molar-refractivity contribution in [2.24, 2.45) is 0 Å². The second-order valence-electron chi connectivity index (χ2n) is 8.46. The average Bonchev–Trinajstić information content (AvgIpc) is 2.85. The van der Waals surface area contributed by atoms with Crippen LogP contribution >= 0.6 is 0 Å². The molecule has 2 aromatic rings. The van der Waals surface area contributed by atoms with Gasteiger partial charge in [0.15, 0.2) is 6.29 Å². The van der Waals surface area contributed by atoms with Crippen molar-refractivity contribution in [3.8, 4) is 11.5 Å². The number of fused-ring (bicyclic) bond motifs is 1. The third-order valence-corrected chi connectivity index (χ3v) is 6.21. The molecule has 0 bridgehead atoms. The van der Waals surface area contributed by atoms with E-state index in [1.807, 2.05) is 18.2 Å². The third-order valence-electron chi connectivity index (χ3n) is 6.21. The molecule has 11 nitrogen and oxygen atoms in total. The van der Waals surface area contributed by atoms with Gasteiger partial charge in [0.2, 0.25) is 6.29 Å². The Bertz CT molecular complexity index is 971. The molecule has 2 saturated heterocycles. The number of aliphatic hydroxyl groups excluding tert-OH is 6. The Labute approximate surface area is 195 Å². The van der Waals surface area contributed by atoms with Crippen LogP contribution in [0.3, 0.4) is 0 Å². The van der Waals surface area contributed by atoms with Gasteiger partial charge in [-0.1, -0.05) is 24.3 Å². The molecule has 34 heavy (non-hydrogen) atoms. The first kappa shape index (κ1) is 25.0. The number of rotatable bonds is 6. The molecule has 6 N–H and O–H groups in total. The van der Waals surface area contributed by atoms with Crippen molar-refractivity contribution >= 4 is 10.8 Å². The van der Waals surface area contributed by atoms with Gasteiger partial charge in [-0.3, -0.25) is 0 Å². The van der Waals surface area contributed by atoms with Crippen molar-refractivity contribution in [1.29, 1.82) is 0 Å². The summed E-state index contributed by atoms with van der Waals surface area (Å²) in [5.74, 6) is 0.989. The maximum absolute atomic E-state index is 10.5. The molecule has 2 aliphatic heterocycles. The van der Waals surface area contributed by atoms with Crippen LogP contribution in [0.4, 0.5) is 0 Å². The number of benzene rings is 2. The highest BCUT2D eigenvalue weighted by Crippen LogP contribution is 2.35. The van der Waals surface area contributed by atoms with Crippen LogP contribution in [0.25, 0.3) is 10.8 Å². The fraction of sp³-hybridized carbons (Fsp3) is 0.565. The molecule has 10 atom stereocenters. The van der Waals surface area contributed by atoms with Crippen LogP contribution in [0.2, 0.25) is 0 Å². The second-order valence-corrected chi connectivity index (χ2v) is 8.46. The van der Waals surface area contributed by atoms with Crippen LogP contribution in [-0.4, -0.2) is 106 Å². The highest BCUT2D eigenvalue weighted by molar-refractivity contribution is 5.93. The zero-order valence-electron chi connectivity index (χ0n) is 18.7. The molecule has 0 aliphatic carbocycles. The van der Waals surface area contributed by atoms with Gasteiger partial charge in [-0.05, 0) is 19.1 Å². The Balaban J connectivity index is 1.48. The Morgan fingerprint density at radius 3 is 1.97 bits per heavy atom.